The first-order valence-electron chi connectivity index (χ1n) is 11.3. The Labute approximate surface area is 203 Å². The first kappa shape index (κ1) is 24.0. The number of carboxylic acid groups (broad SMARTS) is 1. The molecular formula is C26H28N4O5. The number of hydrogen-bond acceptors (Lipinski definition) is 5. The SMILES string of the molecule is Cn1nc(C(=O)O)cc1NC(=O)C(C)(C)CCNC(=O)OCC1c2ccccc2-c2ccccc21. The van der Waals surface area contributed by atoms with Crippen LogP contribution in [0, 0.1) is 5.41 Å². The molecule has 0 aliphatic heterocycles. The monoisotopic (exact) mass is 476 g/mol. The van der Waals surface area contributed by atoms with E-state index in [4.69, 9.17) is 9.84 Å². The van der Waals surface area contributed by atoms with E-state index in [0.29, 0.717) is 6.42 Å². The van der Waals surface area contributed by atoms with Crippen molar-refractivity contribution in [2.75, 3.05) is 18.5 Å². The molecule has 0 fully saturated rings. The fourth-order valence-corrected chi connectivity index (χ4v) is 4.21. The fraction of sp³-hybridized carbons (Fsp3) is 0.308. The normalized spacial score (nSPS) is 12.5. The Balaban J connectivity index is 1.28. The molecule has 1 aliphatic carbocycles. The summed E-state index contributed by atoms with van der Waals surface area (Å²) in [7, 11) is 1.55. The second-order valence-corrected chi connectivity index (χ2v) is 9.18. The maximum absolute atomic E-state index is 12.7. The largest absolute Gasteiger partial charge is 0.476 e. The van der Waals surface area contributed by atoms with Gasteiger partial charge in [-0.25, -0.2) is 9.59 Å². The van der Waals surface area contributed by atoms with E-state index in [-0.39, 0.29) is 36.5 Å². The number of fused-ring (bicyclic) bond motifs is 3. The van der Waals surface area contributed by atoms with Gasteiger partial charge in [-0.3, -0.25) is 9.48 Å². The van der Waals surface area contributed by atoms with Gasteiger partial charge in [-0.05, 0) is 28.7 Å². The summed E-state index contributed by atoms with van der Waals surface area (Å²) in [6.45, 7) is 3.95. The molecule has 0 atom stereocenters. The molecule has 0 saturated carbocycles. The molecule has 0 bridgehead atoms. The number of amides is 2. The number of aryl methyl sites for hydroxylation is 1. The van der Waals surface area contributed by atoms with E-state index >= 15 is 0 Å². The van der Waals surface area contributed by atoms with E-state index in [1.54, 1.807) is 20.9 Å². The maximum Gasteiger partial charge on any atom is 0.407 e. The number of nitrogens with one attached hydrogen (secondary N) is 2. The Morgan fingerprint density at radius 3 is 2.23 bits per heavy atom. The molecule has 2 amide bonds. The van der Waals surface area contributed by atoms with Gasteiger partial charge in [0.2, 0.25) is 5.91 Å². The summed E-state index contributed by atoms with van der Waals surface area (Å²) >= 11 is 0. The number of aromatic nitrogens is 2. The third kappa shape index (κ3) is 5.03. The van der Waals surface area contributed by atoms with Crippen molar-refractivity contribution in [1.29, 1.82) is 0 Å². The van der Waals surface area contributed by atoms with Gasteiger partial charge in [0.1, 0.15) is 12.4 Å². The number of rotatable bonds is 8. The molecule has 182 valence electrons. The van der Waals surface area contributed by atoms with Crippen molar-refractivity contribution in [1.82, 2.24) is 15.1 Å². The lowest BCUT2D eigenvalue weighted by atomic mass is 9.88. The number of carboxylic acids is 1. The van der Waals surface area contributed by atoms with Crippen molar-refractivity contribution < 1.29 is 24.2 Å². The average Bonchev–Trinajstić information content (AvgIpc) is 3.35. The van der Waals surface area contributed by atoms with Crippen LogP contribution in [0.5, 0.6) is 0 Å². The van der Waals surface area contributed by atoms with Crippen molar-refractivity contribution in [3.05, 3.63) is 71.4 Å². The van der Waals surface area contributed by atoms with E-state index in [1.165, 1.54) is 10.7 Å². The van der Waals surface area contributed by atoms with Gasteiger partial charge in [-0.15, -0.1) is 0 Å². The summed E-state index contributed by atoms with van der Waals surface area (Å²) < 4.78 is 6.83. The van der Waals surface area contributed by atoms with Crippen LogP contribution >= 0.6 is 0 Å². The predicted octanol–water partition coefficient (Wildman–Crippen LogP) is 4.01. The average molecular weight is 477 g/mol. The zero-order chi connectivity index (χ0) is 25.2. The van der Waals surface area contributed by atoms with Gasteiger partial charge in [0.25, 0.3) is 0 Å². The molecule has 3 aromatic rings. The van der Waals surface area contributed by atoms with Crippen LogP contribution in [0.1, 0.15) is 47.8 Å². The van der Waals surface area contributed by atoms with Gasteiger partial charge in [-0.1, -0.05) is 62.4 Å². The van der Waals surface area contributed by atoms with Crippen molar-refractivity contribution in [3.8, 4) is 11.1 Å². The second-order valence-electron chi connectivity index (χ2n) is 9.18. The number of carbonyl (C=O) groups excluding carboxylic acids is 2. The molecule has 0 saturated heterocycles. The molecule has 35 heavy (non-hydrogen) atoms. The maximum atomic E-state index is 12.7. The minimum absolute atomic E-state index is 0.0232. The van der Waals surface area contributed by atoms with Gasteiger partial charge in [0.05, 0.1) is 0 Å². The Morgan fingerprint density at radius 1 is 1.06 bits per heavy atom. The number of nitrogens with zero attached hydrogens (tertiary/aromatic N) is 2. The smallest absolute Gasteiger partial charge is 0.407 e. The molecule has 9 heteroatoms. The number of ether oxygens (including phenoxy) is 1. The molecule has 0 unspecified atom stereocenters. The first-order valence-corrected chi connectivity index (χ1v) is 11.3. The van der Waals surface area contributed by atoms with E-state index in [9.17, 15) is 14.4 Å². The summed E-state index contributed by atoms with van der Waals surface area (Å²) in [5, 5.41) is 18.3. The number of carbonyl (C=O) groups is 3. The lowest BCUT2D eigenvalue weighted by Crippen LogP contribution is -2.36. The molecule has 4 rings (SSSR count). The highest BCUT2D eigenvalue weighted by atomic mass is 16.5. The molecule has 2 aromatic carbocycles. The van der Waals surface area contributed by atoms with Crippen molar-refractivity contribution in [3.63, 3.8) is 0 Å². The van der Waals surface area contributed by atoms with Crippen molar-refractivity contribution in [2.24, 2.45) is 12.5 Å². The first-order chi connectivity index (χ1) is 16.7. The topological polar surface area (TPSA) is 123 Å². The molecular weight excluding hydrogens is 448 g/mol. The number of hydrogen-bond donors (Lipinski definition) is 3. The summed E-state index contributed by atoms with van der Waals surface area (Å²) in [6, 6.07) is 17.5. The highest BCUT2D eigenvalue weighted by molar-refractivity contribution is 5.95. The predicted molar refractivity (Wildman–Crippen MR) is 130 cm³/mol. The lowest BCUT2D eigenvalue weighted by molar-refractivity contribution is -0.124. The summed E-state index contributed by atoms with van der Waals surface area (Å²) in [6.07, 6.45) is -0.187. The van der Waals surface area contributed by atoms with Gasteiger partial charge < -0.3 is 20.5 Å². The molecule has 9 nitrogen and oxygen atoms in total. The van der Waals surface area contributed by atoms with E-state index in [0.717, 1.165) is 22.3 Å². The van der Waals surface area contributed by atoms with Crippen molar-refractivity contribution >= 4 is 23.8 Å². The zero-order valence-corrected chi connectivity index (χ0v) is 19.9. The number of aromatic carboxylic acids is 1. The van der Waals surface area contributed by atoms with Crippen LogP contribution in [0.15, 0.2) is 54.6 Å². The Morgan fingerprint density at radius 2 is 1.66 bits per heavy atom. The summed E-state index contributed by atoms with van der Waals surface area (Å²) in [5.41, 5.74) is 3.62. The van der Waals surface area contributed by atoms with Crippen LogP contribution in [0.25, 0.3) is 11.1 Å². The molecule has 0 radical (unpaired) electrons. The van der Waals surface area contributed by atoms with Gasteiger partial charge in [0.15, 0.2) is 5.69 Å². The van der Waals surface area contributed by atoms with Crippen LogP contribution in [-0.2, 0) is 16.6 Å². The fourth-order valence-electron chi connectivity index (χ4n) is 4.21. The third-order valence-corrected chi connectivity index (χ3v) is 6.32. The summed E-state index contributed by atoms with van der Waals surface area (Å²) in [5.74, 6) is -1.23. The Hall–Kier alpha value is -4.14. The molecule has 1 heterocycles. The standard InChI is InChI=1S/C26H28N4O5/c1-26(2,24(33)28-22-14-21(23(31)32)29-30(22)3)12-13-27-25(34)35-15-20-18-10-6-4-8-16(18)17-9-5-7-11-19(17)20/h4-11,14,20H,12-13,15H2,1-3H3,(H,27,34)(H,28,33)(H,31,32). The van der Waals surface area contributed by atoms with Crippen LogP contribution in [-0.4, -0.2) is 46.0 Å². The van der Waals surface area contributed by atoms with Crippen LogP contribution in [0.3, 0.4) is 0 Å². The van der Waals surface area contributed by atoms with E-state index in [1.807, 2.05) is 24.3 Å². The lowest BCUT2D eigenvalue weighted by Gasteiger charge is -2.23. The quantitative estimate of drug-likeness (QED) is 0.451. The zero-order valence-electron chi connectivity index (χ0n) is 19.9. The van der Waals surface area contributed by atoms with Crippen molar-refractivity contribution in [2.45, 2.75) is 26.2 Å². The minimum atomic E-state index is -1.17. The van der Waals surface area contributed by atoms with E-state index in [2.05, 4.69) is 40.0 Å². The number of alkyl carbamates (subject to hydrolysis) is 1. The van der Waals surface area contributed by atoms with Gasteiger partial charge in [-0.2, -0.15) is 5.10 Å². The van der Waals surface area contributed by atoms with Crippen LogP contribution in [0.2, 0.25) is 0 Å². The number of benzene rings is 2. The minimum Gasteiger partial charge on any atom is -0.476 e. The second kappa shape index (κ2) is 9.61. The molecule has 1 aromatic heterocycles. The van der Waals surface area contributed by atoms with Gasteiger partial charge >= 0.3 is 12.1 Å². The summed E-state index contributed by atoms with van der Waals surface area (Å²) in [4.78, 5) is 36.2. The van der Waals surface area contributed by atoms with Crippen LogP contribution < -0.4 is 10.6 Å². The van der Waals surface area contributed by atoms with Crippen LogP contribution in [0.4, 0.5) is 10.6 Å². The number of anilines is 1. The molecule has 1 aliphatic rings. The third-order valence-electron chi connectivity index (χ3n) is 6.32. The molecule has 3 N–H and O–H groups in total. The highest BCUT2D eigenvalue weighted by Crippen LogP contribution is 2.44. The Bertz CT molecular complexity index is 1230. The Kier molecular flexibility index (Phi) is 6.59. The van der Waals surface area contributed by atoms with Gasteiger partial charge in [0, 0.05) is 31.0 Å². The highest BCUT2D eigenvalue weighted by Gasteiger charge is 2.30. The van der Waals surface area contributed by atoms with E-state index < -0.39 is 17.5 Å². The molecule has 0 spiro atoms.